The van der Waals surface area contributed by atoms with Crippen molar-refractivity contribution in [3.63, 3.8) is 0 Å². The molecule has 2 aliphatic rings. The molecule has 4 heteroatoms. The Bertz CT molecular complexity index is 469. The quantitative estimate of drug-likeness (QED) is 0.900. The molecule has 1 aromatic heterocycles. The molecule has 0 unspecified atom stereocenters. The van der Waals surface area contributed by atoms with E-state index in [9.17, 15) is 0 Å². The maximum Gasteiger partial charge on any atom is 0.0703 e. The molecule has 20 heavy (non-hydrogen) atoms. The first-order valence-corrected chi connectivity index (χ1v) is 7.73. The Balaban J connectivity index is 1.63. The number of ether oxygens (including phenoxy) is 1. The number of nitrogens with two attached hydrogens (primary N) is 1. The Morgan fingerprint density at radius 3 is 2.65 bits per heavy atom. The average molecular weight is 275 g/mol. The van der Waals surface area contributed by atoms with Crippen LogP contribution in [0.4, 0.5) is 5.69 Å². The molecule has 1 aromatic rings. The lowest BCUT2D eigenvalue weighted by molar-refractivity contribution is 0.0625. The fourth-order valence-electron chi connectivity index (χ4n) is 3.74. The maximum atomic E-state index is 5.79. The maximum absolute atomic E-state index is 5.79. The predicted molar refractivity (Wildman–Crippen MR) is 80.8 cm³/mol. The highest BCUT2D eigenvalue weighted by atomic mass is 16.5. The van der Waals surface area contributed by atoms with Gasteiger partial charge in [-0.25, -0.2) is 0 Å². The van der Waals surface area contributed by atoms with Crippen LogP contribution < -0.4 is 5.73 Å². The predicted octanol–water partition coefficient (Wildman–Crippen LogP) is 2.33. The fraction of sp³-hybridized carbons (Fsp3) is 0.688. The first-order chi connectivity index (χ1) is 9.65. The summed E-state index contributed by atoms with van der Waals surface area (Å²) in [7, 11) is 0. The minimum atomic E-state index is 0.392. The van der Waals surface area contributed by atoms with Gasteiger partial charge in [-0.2, -0.15) is 0 Å². The van der Waals surface area contributed by atoms with E-state index >= 15 is 0 Å². The summed E-state index contributed by atoms with van der Waals surface area (Å²) in [5, 5.41) is 0. The molecule has 0 bridgehead atoms. The van der Waals surface area contributed by atoms with E-state index in [1.165, 1.54) is 30.5 Å². The van der Waals surface area contributed by atoms with E-state index in [0.717, 1.165) is 25.4 Å². The molecule has 2 fully saturated rings. The number of nitrogen functional groups attached to an aromatic ring is 1. The van der Waals surface area contributed by atoms with E-state index in [1.54, 1.807) is 6.20 Å². The van der Waals surface area contributed by atoms with Gasteiger partial charge in [0.25, 0.3) is 0 Å². The zero-order valence-electron chi connectivity index (χ0n) is 12.5. The van der Waals surface area contributed by atoms with Crippen molar-refractivity contribution >= 4 is 5.69 Å². The third-order valence-corrected chi connectivity index (χ3v) is 4.86. The van der Waals surface area contributed by atoms with E-state index in [4.69, 9.17) is 10.5 Å². The van der Waals surface area contributed by atoms with Crippen LogP contribution in [-0.4, -0.2) is 41.7 Å². The lowest BCUT2D eigenvalue weighted by Crippen LogP contribution is -2.44. The van der Waals surface area contributed by atoms with Crippen LogP contribution in [0.1, 0.15) is 43.4 Å². The van der Waals surface area contributed by atoms with Crippen molar-refractivity contribution in [3.05, 3.63) is 23.5 Å². The van der Waals surface area contributed by atoms with E-state index in [0.29, 0.717) is 18.1 Å². The molecule has 2 aliphatic heterocycles. The second-order valence-electron chi connectivity index (χ2n) is 6.21. The smallest absolute Gasteiger partial charge is 0.0703 e. The lowest BCUT2D eigenvalue weighted by atomic mass is 9.89. The first kappa shape index (κ1) is 13.8. The van der Waals surface area contributed by atoms with Crippen LogP contribution in [-0.2, 0) is 4.74 Å². The third-order valence-electron chi connectivity index (χ3n) is 4.86. The van der Waals surface area contributed by atoms with Gasteiger partial charge in [-0.3, -0.25) is 9.88 Å². The topological polar surface area (TPSA) is 51.4 Å². The van der Waals surface area contributed by atoms with E-state index < -0.39 is 0 Å². The molecule has 0 amide bonds. The van der Waals surface area contributed by atoms with Crippen molar-refractivity contribution in [2.75, 3.05) is 25.4 Å². The molecule has 2 saturated heterocycles. The lowest BCUT2D eigenvalue weighted by Gasteiger charge is -2.37. The summed E-state index contributed by atoms with van der Waals surface area (Å²) in [5.41, 5.74) is 9.04. The second-order valence-corrected chi connectivity index (χ2v) is 6.21. The molecule has 0 aromatic carbocycles. The number of nitrogens with zero attached hydrogens (tertiary/aromatic N) is 2. The molecule has 0 radical (unpaired) electrons. The molecule has 110 valence electrons. The van der Waals surface area contributed by atoms with Crippen LogP contribution in [0.15, 0.2) is 12.3 Å². The zero-order valence-corrected chi connectivity index (χ0v) is 12.5. The van der Waals surface area contributed by atoms with Crippen LogP contribution in [0.25, 0.3) is 0 Å². The number of piperidine rings is 1. The summed E-state index contributed by atoms with van der Waals surface area (Å²) in [6, 6.07) is 2.66. The van der Waals surface area contributed by atoms with Gasteiger partial charge in [-0.05, 0) is 57.8 Å². The van der Waals surface area contributed by atoms with Crippen LogP contribution in [0.5, 0.6) is 0 Å². The van der Waals surface area contributed by atoms with Gasteiger partial charge in [0.1, 0.15) is 0 Å². The van der Waals surface area contributed by atoms with Gasteiger partial charge in [-0.1, -0.05) is 0 Å². The number of anilines is 1. The summed E-state index contributed by atoms with van der Waals surface area (Å²) in [6.45, 7) is 7.57. The fourth-order valence-corrected chi connectivity index (χ4v) is 3.74. The van der Waals surface area contributed by atoms with Crippen molar-refractivity contribution in [2.24, 2.45) is 0 Å². The normalized spacial score (nSPS) is 28.9. The molecule has 0 spiro atoms. The number of aromatic nitrogens is 1. The van der Waals surface area contributed by atoms with E-state index in [-0.39, 0.29) is 0 Å². The standard InChI is InChI=1S/C16H25N3O/c1-11-9-14(17)10-18-16(11)13-3-6-19(7-4-13)15-5-8-20-12(15)2/h9-10,12-13,15H,3-8,17H2,1-2H3/t12-,15-/m0/s1. The molecular formula is C16H25N3O. The van der Waals surface area contributed by atoms with Gasteiger partial charge < -0.3 is 10.5 Å². The van der Waals surface area contributed by atoms with Gasteiger partial charge in [0, 0.05) is 24.3 Å². The number of hydrogen-bond donors (Lipinski definition) is 1. The molecule has 0 aliphatic carbocycles. The highest BCUT2D eigenvalue weighted by Gasteiger charge is 2.33. The van der Waals surface area contributed by atoms with Crippen molar-refractivity contribution in [1.29, 1.82) is 0 Å². The average Bonchev–Trinajstić information content (AvgIpc) is 2.85. The monoisotopic (exact) mass is 275 g/mol. The molecule has 3 heterocycles. The number of likely N-dealkylation sites (tertiary alicyclic amines) is 1. The molecule has 3 rings (SSSR count). The van der Waals surface area contributed by atoms with E-state index in [1.807, 2.05) is 6.07 Å². The number of aryl methyl sites for hydroxylation is 1. The molecule has 2 N–H and O–H groups in total. The summed E-state index contributed by atoms with van der Waals surface area (Å²) < 4.78 is 5.69. The van der Waals surface area contributed by atoms with Crippen LogP contribution >= 0.6 is 0 Å². The first-order valence-electron chi connectivity index (χ1n) is 7.73. The molecular weight excluding hydrogens is 250 g/mol. The molecule has 0 saturated carbocycles. The van der Waals surface area contributed by atoms with Crippen molar-refractivity contribution in [2.45, 2.75) is 51.2 Å². The number of hydrogen-bond acceptors (Lipinski definition) is 4. The SMILES string of the molecule is Cc1cc(N)cnc1C1CCN([C@H]2CCO[C@H]2C)CC1. The molecule has 2 atom stereocenters. The Morgan fingerprint density at radius 1 is 1.30 bits per heavy atom. The Labute approximate surface area is 121 Å². The highest BCUT2D eigenvalue weighted by molar-refractivity contribution is 5.40. The zero-order chi connectivity index (χ0) is 14.1. The Kier molecular flexibility index (Phi) is 3.94. The highest BCUT2D eigenvalue weighted by Crippen LogP contribution is 2.32. The van der Waals surface area contributed by atoms with Crippen molar-refractivity contribution < 1.29 is 4.74 Å². The Hall–Kier alpha value is -1.13. The Morgan fingerprint density at radius 2 is 2.05 bits per heavy atom. The van der Waals surface area contributed by atoms with Crippen LogP contribution in [0, 0.1) is 6.92 Å². The molecule has 4 nitrogen and oxygen atoms in total. The van der Waals surface area contributed by atoms with Crippen molar-refractivity contribution in [1.82, 2.24) is 9.88 Å². The van der Waals surface area contributed by atoms with Gasteiger partial charge in [-0.15, -0.1) is 0 Å². The summed E-state index contributed by atoms with van der Waals surface area (Å²) in [4.78, 5) is 7.18. The van der Waals surface area contributed by atoms with Gasteiger partial charge in [0.15, 0.2) is 0 Å². The summed E-state index contributed by atoms with van der Waals surface area (Å²) in [6.07, 6.45) is 5.76. The van der Waals surface area contributed by atoms with Gasteiger partial charge in [0.2, 0.25) is 0 Å². The van der Waals surface area contributed by atoms with E-state index in [2.05, 4.69) is 23.7 Å². The largest absolute Gasteiger partial charge is 0.397 e. The van der Waals surface area contributed by atoms with Gasteiger partial charge in [0.05, 0.1) is 18.0 Å². The third kappa shape index (κ3) is 2.67. The number of rotatable bonds is 2. The minimum Gasteiger partial charge on any atom is -0.397 e. The summed E-state index contributed by atoms with van der Waals surface area (Å²) >= 11 is 0. The number of pyridine rings is 1. The van der Waals surface area contributed by atoms with Gasteiger partial charge >= 0.3 is 0 Å². The summed E-state index contributed by atoms with van der Waals surface area (Å²) in [5.74, 6) is 0.587. The minimum absolute atomic E-state index is 0.392. The van der Waals surface area contributed by atoms with Crippen LogP contribution in [0.2, 0.25) is 0 Å². The van der Waals surface area contributed by atoms with Crippen molar-refractivity contribution in [3.8, 4) is 0 Å². The second kappa shape index (κ2) is 5.70. The van der Waals surface area contributed by atoms with Crippen LogP contribution in [0.3, 0.4) is 0 Å².